The Kier molecular flexibility index (Phi) is 7.38. The number of amides is 3. The molecule has 2 rings (SSSR count). The van der Waals surface area contributed by atoms with Gasteiger partial charge in [0.15, 0.2) is 0 Å². The van der Waals surface area contributed by atoms with Crippen molar-refractivity contribution in [3.8, 4) is 0 Å². The molecular formula is C19H20F3N3O3S. The normalized spacial score (nSPS) is 11.1. The van der Waals surface area contributed by atoms with Gasteiger partial charge in [0.2, 0.25) is 11.8 Å². The van der Waals surface area contributed by atoms with Crippen molar-refractivity contribution in [1.82, 2.24) is 10.2 Å². The van der Waals surface area contributed by atoms with Gasteiger partial charge >= 0.3 is 6.18 Å². The number of anilines is 1. The monoisotopic (exact) mass is 427 g/mol. The van der Waals surface area contributed by atoms with Gasteiger partial charge in [-0.1, -0.05) is 12.1 Å². The van der Waals surface area contributed by atoms with E-state index in [9.17, 15) is 27.6 Å². The Bertz CT molecular complexity index is 896. The maximum absolute atomic E-state index is 13.1. The lowest BCUT2D eigenvalue weighted by atomic mass is 10.1. The SMILES string of the molecule is CCN(CC(=O)Nc1ccccc1C(F)(F)F)C(=O)c1ccc(CNC(C)=O)s1. The fraction of sp³-hybridized carbons (Fsp3) is 0.316. The predicted octanol–water partition coefficient (Wildman–Crippen LogP) is 3.50. The average Bonchev–Trinajstić information content (AvgIpc) is 3.12. The van der Waals surface area contributed by atoms with Crippen molar-refractivity contribution in [2.24, 2.45) is 0 Å². The van der Waals surface area contributed by atoms with E-state index in [2.05, 4.69) is 10.6 Å². The lowest BCUT2D eigenvalue weighted by molar-refractivity contribution is -0.137. The van der Waals surface area contributed by atoms with Gasteiger partial charge < -0.3 is 15.5 Å². The second-order valence-corrected chi connectivity index (χ2v) is 7.25. The minimum Gasteiger partial charge on any atom is -0.351 e. The molecule has 3 amide bonds. The molecule has 0 radical (unpaired) electrons. The van der Waals surface area contributed by atoms with Gasteiger partial charge in [0, 0.05) is 18.3 Å². The van der Waals surface area contributed by atoms with Gasteiger partial charge in [0.05, 0.1) is 22.7 Å². The maximum atomic E-state index is 13.1. The molecule has 10 heteroatoms. The summed E-state index contributed by atoms with van der Waals surface area (Å²) in [6.07, 6.45) is -4.61. The number of alkyl halides is 3. The first-order valence-corrected chi connectivity index (χ1v) is 9.52. The number of thiophene rings is 1. The standard InChI is InChI=1S/C19H20F3N3O3S/c1-3-25(18(28)16-9-8-13(29-16)10-23-12(2)26)11-17(27)24-15-7-5-4-6-14(15)19(20,21)22/h4-9H,3,10-11H2,1-2H3,(H,23,26)(H,24,27). The second kappa shape index (κ2) is 9.55. The number of carbonyl (C=O) groups is 3. The predicted molar refractivity (Wildman–Crippen MR) is 103 cm³/mol. The summed E-state index contributed by atoms with van der Waals surface area (Å²) >= 11 is 1.18. The van der Waals surface area contributed by atoms with Crippen LogP contribution >= 0.6 is 11.3 Å². The van der Waals surface area contributed by atoms with Crippen LogP contribution in [0.5, 0.6) is 0 Å². The summed E-state index contributed by atoms with van der Waals surface area (Å²) in [5, 5.41) is 4.85. The van der Waals surface area contributed by atoms with Crippen molar-refractivity contribution in [3.05, 3.63) is 51.7 Å². The third kappa shape index (κ3) is 6.31. The van der Waals surface area contributed by atoms with Gasteiger partial charge in [0.25, 0.3) is 5.91 Å². The molecule has 0 unspecified atom stereocenters. The highest BCUT2D eigenvalue weighted by molar-refractivity contribution is 7.14. The Balaban J connectivity index is 2.05. The lowest BCUT2D eigenvalue weighted by Crippen LogP contribution is -2.37. The molecule has 0 saturated heterocycles. The molecule has 156 valence electrons. The highest BCUT2D eigenvalue weighted by Gasteiger charge is 2.33. The summed E-state index contributed by atoms with van der Waals surface area (Å²) in [7, 11) is 0. The van der Waals surface area contributed by atoms with Crippen molar-refractivity contribution in [2.75, 3.05) is 18.4 Å². The number of nitrogens with one attached hydrogen (secondary N) is 2. The quantitative estimate of drug-likeness (QED) is 0.710. The Morgan fingerprint density at radius 2 is 1.79 bits per heavy atom. The van der Waals surface area contributed by atoms with E-state index < -0.39 is 23.6 Å². The Labute approximate surface area is 169 Å². The third-order valence-electron chi connectivity index (χ3n) is 3.89. The van der Waals surface area contributed by atoms with E-state index >= 15 is 0 Å². The fourth-order valence-electron chi connectivity index (χ4n) is 2.48. The number of halogens is 3. The molecule has 0 spiro atoms. The van der Waals surface area contributed by atoms with Gasteiger partial charge in [0.1, 0.15) is 6.54 Å². The average molecular weight is 427 g/mol. The topological polar surface area (TPSA) is 78.5 Å². The van der Waals surface area contributed by atoms with Crippen LogP contribution in [-0.4, -0.2) is 35.7 Å². The van der Waals surface area contributed by atoms with E-state index in [1.54, 1.807) is 19.1 Å². The van der Waals surface area contributed by atoms with Gasteiger partial charge in [-0.25, -0.2) is 0 Å². The van der Waals surface area contributed by atoms with Crippen LogP contribution in [0.1, 0.15) is 34.0 Å². The molecule has 0 atom stereocenters. The second-order valence-electron chi connectivity index (χ2n) is 6.09. The molecule has 0 bridgehead atoms. The molecule has 2 aromatic rings. The van der Waals surface area contributed by atoms with Gasteiger partial charge in [-0.2, -0.15) is 13.2 Å². The van der Waals surface area contributed by atoms with Gasteiger partial charge in [-0.05, 0) is 31.2 Å². The van der Waals surface area contributed by atoms with Crippen molar-refractivity contribution in [1.29, 1.82) is 0 Å². The number of likely N-dealkylation sites (N-methyl/N-ethyl adjacent to an activating group) is 1. The summed E-state index contributed by atoms with van der Waals surface area (Å²) < 4.78 is 39.2. The molecule has 1 aromatic heterocycles. The van der Waals surface area contributed by atoms with E-state index in [-0.39, 0.29) is 31.2 Å². The number of hydrogen-bond donors (Lipinski definition) is 2. The van der Waals surface area contributed by atoms with Crippen LogP contribution in [0.3, 0.4) is 0 Å². The first kappa shape index (κ1) is 22.4. The zero-order chi connectivity index (χ0) is 21.6. The molecule has 0 fully saturated rings. The largest absolute Gasteiger partial charge is 0.418 e. The number of rotatable bonds is 7. The summed E-state index contributed by atoms with van der Waals surface area (Å²) in [6.45, 7) is 3.15. The van der Waals surface area contributed by atoms with Crippen LogP contribution in [0.25, 0.3) is 0 Å². The maximum Gasteiger partial charge on any atom is 0.418 e. The smallest absolute Gasteiger partial charge is 0.351 e. The van der Waals surface area contributed by atoms with E-state index in [1.165, 1.54) is 35.3 Å². The molecule has 0 aliphatic rings. The van der Waals surface area contributed by atoms with Crippen molar-refractivity contribution in [2.45, 2.75) is 26.6 Å². The highest BCUT2D eigenvalue weighted by Crippen LogP contribution is 2.34. The highest BCUT2D eigenvalue weighted by atomic mass is 32.1. The molecule has 0 aliphatic carbocycles. The van der Waals surface area contributed by atoms with Crippen molar-refractivity contribution >= 4 is 34.7 Å². The Morgan fingerprint density at radius 3 is 2.41 bits per heavy atom. The van der Waals surface area contributed by atoms with Crippen LogP contribution in [0.15, 0.2) is 36.4 Å². The van der Waals surface area contributed by atoms with Crippen LogP contribution in [0.2, 0.25) is 0 Å². The van der Waals surface area contributed by atoms with E-state index in [0.717, 1.165) is 17.0 Å². The number of hydrogen-bond acceptors (Lipinski definition) is 4. The number of nitrogens with zero attached hydrogens (tertiary/aromatic N) is 1. The van der Waals surface area contributed by atoms with Crippen LogP contribution in [0.4, 0.5) is 18.9 Å². The minimum atomic E-state index is -4.61. The molecule has 6 nitrogen and oxygen atoms in total. The Hall–Kier alpha value is -2.88. The zero-order valence-electron chi connectivity index (χ0n) is 15.8. The van der Waals surface area contributed by atoms with Gasteiger partial charge in [-0.15, -0.1) is 11.3 Å². The zero-order valence-corrected chi connectivity index (χ0v) is 16.6. The molecule has 0 aliphatic heterocycles. The first-order valence-electron chi connectivity index (χ1n) is 8.70. The Morgan fingerprint density at radius 1 is 1.10 bits per heavy atom. The van der Waals surface area contributed by atoms with E-state index in [4.69, 9.17) is 0 Å². The van der Waals surface area contributed by atoms with E-state index in [0.29, 0.717) is 4.88 Å². The summed E-state index contributed by atoms with van der Waals surface area (Å²) in [6, 6.07) is 7.93. The number of carbonyl (C=O) groups excluding carboxylic acids is 3. The third-order valence-corrected chi connectivity index (χ3v) is 4.97. The molecule has 1 heterocycles. The summed E-state index contributed by atoms with van der Waals surface area (Å²) in [5.74, 6) is -1.34. The molecule has 1 aromatic carbocycles. The van der Waals surface area contributed by atoms with Crippen LogP contribution in [-0.2, 0) is 22.3 Å². The lowest BCUT2D eigenvalue weighted by Gasteiger charge is -2.20. The van der Waals surface area contributed by atoms with Crippen molar-refractivity contribution < 1.29 is 27.6 Å². The van der Waals surface area contributed by atoms with E-state index in [1.807, 2.05) is 0 Å². The van der Waals surface area contributed by atoms with Crippen LogP contribution in [0, 0.1) is 0 Å². The molecule has 29 heavy (non-hydrogen) atoms. The molecule has 2 N–H and O–H groups in total. The van der Waals surface area contributed by atoms with Crippen LogP contribution < -0.4 is 10.6 Å². The number of para-hydroxylation sites is 1. The fourth-order valence-corrected chi connectivity index (χ4v) is 3.40. The summed E-state index contributed by atoms with van der Waals surface area (Å²) in [4.78, 5) is 38.2. The van der Waals surface area contributed by atoms with Gasteiger partial charge in [-0.3, -0.25) is 14.4 Å². The molecule has 0 saturated carbocycles. The van der Waals surface area contributed by atoms with Crippen molar-refractivity contribution in [3.63, 3.8) is 0 Å². The summed E-state index contributed by atoms with van der Waals surface area (Å²) in [5.41, 5.74) is -1.31. The first-order chi connectivity index (χ1) is 13.6. The molecular weight excluding hydrogens is 407 g/mol. The minimum absolute atomic E-state index is 0.197. The number of benzene rings is 1.